The molecule has 1 aromatic rings. The lowest BCUT2D eigenvalue weighted by Crippen LogP contribution is -2.40. The van der Waals surface area contributed by atoms with E-state index in [2.05, 4.69) is 0 Å². The number of nitrogens with two attached hydrogens (primary N) is 1. The second-order valence-electron chi connectivity index (χ2n) is 5.55. The molecule has 2 rings (SSSR count). The summed E-state index contributed by atoms with van der Waals surface area (Å²) in [6.07, 6.45) is 5.21. The molecule has 0 aromatic heterocycles. The molecule has 1 aliphatic rings. The number of hydrogen-bond acceptors (Lipinski definition) is 3. The van der Waals surface area contributed by atoms with Gasteiger partial charge in [-0.2, -0.15) is 0 Å². The standard InChI is InChI=1S/C16H24N2O2/c17-12-14(10-13-6-5-7-15(19)11-13)16(20)18-8-3-1-2-4-9-18/h5-7,11,14,19H,1-4,8-10,12,17H2. The van der Waals surface area contributed by atoms with Crippen LogP contribution >= 0.6 is 0 Å². The largest absolute Gasteiger partial charge is 0.508 e. The maximum absolute atomic E-state index is 12.6. The summed E-state index contributed by atoms with van der Waals surface area (Å²) in [5, 5.41) is 9.50. The summed E-state index contributed by atoms with van der Waals surface area (Å²) in [6.45, 7) is 2.07. The van der Waals surface area contributed by atoms with Gasteiger partial charge in [-0.3, -0.25) is 4.79 Å². The van der Waals surface area contributed by atoms with Crippen molar-refractivity contribution in [1.82, 2.24) is 4.90 Å². The highest BCUT2D eigenvalue weighted by molar-refractivity contribution is 5.79. The van der Waals surface area contributed by atoms with E-state index < -0.39 is 0 Å². The monoisotopic (exact) mass is 276 g/mol. The lowest BCUT2D eigenvalue weighted by Gasteiger charge is -2.25. The Morgan fingerprint density at radius 1 is 1.25 bits per heavy atom. The van der Waals surface area contributed by atoms with Crippen LogP contribution in [0.25, 0.3) is 0 Å². The van der Waals surface area contributed by atoms with E-state index in [1.807, 2.05) is 11.0 Å². The van der Waals surface area contributed by atoms with Crippen LogP contribution in [0.5, 0.6) is 5.75 Å². The summed E-state index contributed by atoms with van der Waals surface area (Å²) in [5.41, 5.74) is 6.76. The normalized spacial score (nSPS) is 17.6. The molecule has 0 saturated carbocycles. The highest BCUT2D eigenvalue weighted by Gasteiger charge is 2.24. The Balaban J connectivity index is 2.01. The number of amides is 1. The van der Waals surface area contributed by atoms with E-state index in [9.17, 15) is 9.90 Å². The van der Waals surface area contributed by atoms with Gasteiger partial charge in [-0.15, -0.1) is 0 Å². The SMILES string of the molecule is NCC(Cc1cccc(O)c1)C(=O)N1CCCCCC1. The Kier molecular flexibility index (Phi) is 5.41. The first-order valence-corrected chi connectivity index (χ1v) is 7.47. The molecular formula is C16H24N2O2. The predicted octanol–water partition coefficient (Wildman–Crippen LogP) is 1.91. The van der Waals surface area contributed by atoms with Crippen LogP contribution in [-0.2, 0) is 11.2 Å². The van der Waals surface area contributed by atoms with Gasteiger partial charge in [-0.1, -0.05) is 25.0 Å². The van der Waals surface area contributed by atoms with Crippen LogP contribution < -0.4 is 5.73 Å². The Hall–Kier alpha value is -1.55. The number of rotatable bonds is 4. The number of phenolic OH excluding ortho intramolecular Hbond substituents is 1. The second-order valence-corrected chi connectivity index (χ2v) is 5.55. The van der Waals surface area contributed by atoms with Gasteiger partial charge in [0.2, 0.25) is 5.91 Å². The Morgan fingerprint density at radius 3 is 2.55 bits per heavy atom. The van der Waals surface area contributed by atoms with Crippen LogP contribution in [0.1, 0.15) is 31.2 Å². The van der Waals surface area contributed by atoms with Crippen molar-refractivity contribution in [2.75, 3.05) is 19.6 Å². The molecule has 1 amide bonds. The minimum Gasteiger partial charge on any atom is -0.508 e. The topological polar surface area (TPSA) is 66.6 Å². The van der Waals surface area contributed by atoms with Crippen LogP contribution in [0.4, 0.5) is 0 Å². The van der Waals surface area contributed by atoms with Crippen molar-refractivity contribution in [3.05, 3.63) is 29.8 Å². The molecular weight excluding hydrogens is 252 g/mol. The molecule has 1 atom stereocenters. The lowest BCUT2D eigenvalue weighted by atomic mass is 9.97. The second kappa shape index (κ2) is 7.29. The van der Waals surface area contributed by atoms with Crippen molar-refractivity contribution >= 4 is 5.91 Å². The summed E-state index contributed by atoms with van der Waals surface area (Å²) in [4.78, 5) is 14.5. The molecule has 1 aromatic carbocycles. The van der Waals surface area contributed by atoms with Gasteiger partial charge in [0.15, 0.2) is 0 Å². The molecule has 4 nitrogen and oxygen atoms in total. The first kappa shape index (κ1) is 14.9. The van der Waals surface area contributed by atoms with Crippen molar-refractivity contribution in [2.45, 2.75) is 32.1 Å². The molecule has 1 unspecified atom stereocenters. The maximum atomic E-state index is 12.6. The molecule has 1 heterocycles. The lowest BCUT2D eigenvalue weighted by molar-refractivity contribution is -0.135. The van der Waals surface area contributed by atoms with Crippen LogP contribution in [0.15, 0.2) is 24.3 Å². The fraction of sp³-hybridized carbons (Fsp3) is 0.562. The summed E-state index contributed by atoms with van der Waals surface area (Å²) in [6, 6.07) is 7.07. The highest BCUT2D eigenvalue weighted by atomic mass is 16.3. The van der Waals surface area contributed by atoms with E-state index in [1.165, 1.54) is 12.8 Å². The van der Waals surface area contributed by atoms with Crippen LogP contribution in [0.2, 0.25) is 0 Å². The van der Waals surface area contributed by atoms with Crippen molar-refractivity contribution in [3.8, 4) is 5.75 Å². The van der Waals surface area contributed by atoms with E-state index in [0.717, 1.165) is 31.5 Å². The predicted molar refractivity (Wildman–Crippen MR) is 79.4 cm³/mol. The van der Waals surface area contributed by atoms with Gasteiger partial charge in [-0.05, 0) is 37.0 Å². The van der Waals surface area contributed by atoms with Crippen molar-refractivity contribution < 1.29 is 9.90 Å². The number of benzene rings is 1. The number of hydrogen-bond donors (Lipinski definition) is 2. The average Bonchev–Trinajstić information content (AvgIpc) is 2.73. The third kappa shape index (κ3) is 3.97. The third-order valence-corrected chi connectivity index (χ3v) is 3.94. The number of carbonyl (C=O) groups excluding carboxylic acids is 1. The van der Waals surface area contributed by atoms with Crippen LogP contribution in [0.3, 0.4) is 0 Å². The minimum absolute atomic E-state index is 0.165. The zero-order valence-corrected chi connectivity index (χ0v) is 11.9. The molecule has 0 bridgehead atoms. The molecule has 1 saturated heterocycles. The van der Waals surface area contributed by atoms with E-state index in [0.29, 0.717) is 13.0 Å². The number of phenols is 1. The average molecular weight is 276 g/mol. The number of aromatic hydroxyl groups is 1. The zero-order chi connectivity index (χ0) is 14.4. The van der Waals surface area contributed by atoms with Crippen LogP contribution in [0, 0.1) is 5.92 Å². The molecule has 4 heteroatoms. The van der Waals surface area contributed by atoms with E-state index in [4.69, 9.17) is 5.73 Å². The summed E-state index contributed by atoms with van der Waals surface area (Å²) < 4.78 is 0. The molecule has 0 spiro atoms. The fourth-order valence-electron chi connectivity index (χ4n) is 2.79. The van der Waals surface area contributed by atoms with Gasteiger partial charge in [-0.25, -0.2) is 0 Å². The summed E-state index contributed by atoms with van der Waals surface area (Å²) >= 11 is 0. The Morgan fingerprint density at radius 2 is 1.95 bits per heavy atom. The van der Waals surface area contributed by atoms with E-state index >= 15 is 0 Å². The first-order chi connectivity index (χ1) is 9.70. The van der Waals surface area contributed by atoms with Gasteiger partial charge < -0.3 is 15.7 Å². The number of likely N-dealkylation sites (tertiary alicyclic amines) is 1. The molecule has 3 N–H and O–H groups in total. The molecule has 0 aliphatic carbocycles. The first-order valence-electron chi connectivity index (χ1n) is 7.47. The number of nitrogens with zero attached hydrogens (tertiary/aromatic N) is 1. The third-order valence-electron chi connectivity index (χ3n) is 3.94. The van der Waals surface area contributed by atoms with Crippen molar-refractivity contribution in [2.24, 2.45) is 11.7 Å². The van der Waals surface area contributed by atoms with E-state index in [-0.39, 0.29) is 17.6 Å². The molecule has 20 heavy (non-hydrogen) atoms. The summed E-state index contributed by atoms with van der Waals surface area (Å²) in [7, 11) is 0. The molecule has 1 aliphatic heterocycles. The molecule has 110 valence electrons. The number of carbonyl (C=O) groups is 1. The van der Waals surface area contributed by atoms with Gasteiger partial charge in [0.25, 0.3) is 0 Å². The molecule has 1 fully saturated rings. The van der Waals surface area contributed by atoms with Crippen molar-refractivity contribution in [3.63, 3.8) is 0 Å². The minimum atomic E-state index is -0.185. The van der Waals surface area contributed by atoms with Crippen LogP contribution in [-0.4, -0.2) is 35.5 Å². The quantitative estimate of drug-likeness (QED) is 0.883. The highest BCUT2D eigenvalue weighted by Crippen LogP contribution is 2.18. The van der Waals surface area contributed by atoms with Gasteiger partial charge in [0.05, 0.1) is 5.92 Å². The maximum Gasteiger partial charge on any atom is 0.227 e. The summed E-state index contributed by atoms with van der Waals surface area (Å²) in [5.74, 6) is 0.216. The van der Waals surface area contributed by atoms with Gasteiger partial charge in [0.1, 0.15) is 5.75 Å². The smallest absolute Gasteiger partial charge is 0.227 e. The Labute approximate surface area is 120 Å². The molecule has 0 radical (unpaired) electrons. The fourth-order valence-corrected chi connectivity index (χ4v) is 2.79. The zero-order valence-electron chi connectivity index (χ0n) is 11.9. The van der Waals surface area contributed by atoms with Crippen molar-refractivity contribution in [1.29, 1.82) is 0 Å². The Bertz CT molecular complexity index is 440. The van der Waals surface area contributed by atoms with E-state index in [1.54, 1.807) is 18.2 Å². The van der Waals surface area contributed by atoms with Gasteiger partial charge in [0, 0.05) is 19.6 Å². The van der Waals surface area contributed by atoms with Gasteiger partial charge >= 0.3 is 0 Å².